The molecule has 0 amide bonds. The van der Waals surface area contributed by atoms with Crippen molar-refractivity contribution in [1.29, 1.82) is 0 Å². The Morgan fingerprint density at radius 3 is 2.86 bits per heavy atom. The fourth-order valence-corrected chi connectivity index (χ4v) is 5.70. The van der Waals surface area contributed by atoms with Crippen molar-refractivity contribution in [2.75, 3.05) is 13.2 Å². The maximum absolute atomic E-state index is 6.27. The van der Waals surface area contributed by atoms with Gasteiger partial charge in [-0.2, -0.15) is 0 Å². The Morgan fingerprint density at radius 1 is 1.38 bits per heavy atom. The van der Waals surface area contributed by atoms with Gasteiger partial charge in [0.25, 0.3) is 0 Å². The van der Waals surface area contributed by atoms with Crippen LogP contribution in [0.3, 0.4) is 0 Å². The van der Waals surface area contributed by atoms with Crippen molar-refractivity contribution in [2.45, 2.75) is 63.5 Å². The van der Waals surface area contributed by atoms with E-state index in [1.807, 2.05) is 11.3 Å². The van der Waals surface area contributed by atoms with Gasteiger partial charge in [-0.3, -0.25) is 0 Å². The molecule has 1 aromatic heterocycles. The minimum Gasteiger partial charge on any atom is -0.375 e. The molecule has 1 aromatic rings. The van der Waals surface area contributed by atoms with Crippen LogP contribution in [0, 0.1) is 5.92 Å². The highest BCUT2D eigenvalue weighted by atomic mass is 79.9. The summed E-state index contributed by atoms with van der Waals surface area (Å²) in [7, 11) is 0. The van der Waals surface area contributed by atoms with Gasteiger partial charge in [0.15, 0.2) is 0 Å². The summed E-state index contributed by atoms with van der Waals surface area (Å²) in [5.74, 6) is 0.711. The van der Waals surface area contributed by atoms with E-state index >= 15 is 0 Å². The molecular formula is C17H26BrNOS. The fourth-order valence-electron chi connectivity index (χ4n) is 4.11. The molecule has 2 nitrogen and oxygen atoms in total. The quantitative estimate of drug-likeness (QED) is 0.775. The monoisotopic (exact) mass is 371 g/mol. The SMILES string of the molecule is CCNC(c1ccc(Br)s1)C1CCOC2(CCCCC2)C1. The Kier molecular flexibility index (Phi) is 5.41. The number of ether oxygens (including phenoxy) is 1. The first-order valence-electron chi connectivity index (χ1n) is 8.35. The van der Waals surface area contributed by atoms with Crippen molar-refractivity contribution in [3.8, 4) is 0 Å². The standard InChI is InChI=1S/C17H26BrNOS/c1-2-19-16(14-6-7-15(18)21-14)13-8-11-20-17(12-13)9-4-3-5-10-17/h6-7,13,16,19H,2-5,8-12H2,1H3. The molecule has 21 heavy (non-hydrogen) atoms. The predicted octanol–water partition coefficient (Wildman–Crippen LogP) is 5.29. The molecule has 4 heteroatoms. The van der Waals surface area contributed by atoms with Gasteiger partial charge in [0.2, 0.25) is 0 Å². The van der Waals surface area contributed by atoms with E-state index in [4.69, 9.17) is 4.74 Å². The van der Waals surface area contributed by atoms with Crippen LogP contribution in [0.1, 0.15) is 62.8 Å². The molecule has 2 aliphatic rings. The molecule has 1 aliphatic heterocycles. The van der Waals surface area contributed by atoms with Crippen molar-refractivity contribution in [2.24, 2.45) is 5.92 Å². The average Bonchev–Trinajstić information content (AvgIpc) is 2.92. The number of rotatable bonds is 4. The first-order chi connectivity index (χ1) is 10.2. The van der Waals surface area contributed by atoms with Crippen LogP contribution in [-0.4, -0.2) is 18.8 Å². The van der Waals surface area contributed by atoms with E-state index in [9.17, 15) is 0 Å². The molecule has 2 fully saturated rings. The third-order valence-corrected chi connectivity index (χ3v) is 6.80. The Morgan fingerprint density at radius 2 is 2.19 bits per heavy atom. The van der Waals surface area contributed by atoms with Crippen LogP contribution < -0.4 is 5.32 Å². The van der Waals surface area contributed by atoms with Crippen LogP contribution in [0.5, 0.6) is 0 Å². The van der Waals surface area contributed by atoms with E-state index in [2.05, 4.69) is 40.3 Å². The molecule has 0 aromatic carbocycles. The van der Waals surface area contributed by atoms with E-state index < -0.39 is 0 Å². The van der Waals surface area contributed by atoms with Crippen LogP contribution in [0.25, 0.3) is 0 Å². The second-order valence-corrected chi connectivity index (χ2v) is 9.02. The zero-order chi connectivity index (χ0) is 14.7. The molecule has 0 bridgehead atoms. The molecule has 1 saturated carbocycles. The largest absolute Gasteiger partial charge is 0.375 e. The van der Waals surface area contributed by atoms with Gasteiger partial charge in [0.05, 0.1) is 9.39 Å². The Labute approximate surface area is 140 Å². The molecule has 2 atom stereocenters. The highest BCUT2D eigenvalue weighted by Gasteiger charge is 2.41. The Bertz CT molecular complexity index is 450. The summed E-state index contributed by atoms with van der Waals surface area (Å²) in [6.07, 6.45) is 9.07. The zero-order valence-corrected chi connectivity index (χ0v) is 15.3. The summed E-state index contributed by atoms with van der Waals surface area (Å²) in [5.41, 5.74) is 0.198. The molecule has 118 valence electrons. The molecule has 2 heterocycles. The number of hydrogen-bond donors (Lipinski definition) is 1. The van der Waals surface area contributed by atoms with Gasteiger partial charge < -0.3 is 10.1 Å². The van der Waals surface area contributed by atoms with Crippen molar-refractivity contribution in [3.63, 3.8) is 0 Å². The minimum atomic E-state index is 0.198. The normalized spacial score (nSPS) is 26.9. The van der Waals surface area contributed by atoms with Gasteiger partial charge in [0, 0.05) is 17.5 Å². The Hall–Kier alpha value is 0.1000. The third kappa shape index (κ3) is 3.72. The van der Waals surface area contributed by atoms with Gasteiger partial charge >= 0.3 is 0 Å². The lowest BCUT2D eigenvalue weighted by Gasteiger charge is -2.45. The molecule has 3 rings (SSSR count). The molecule has 1 aliphatic carbocycles. The third-order valence-electron chi connectivity index (χ3n) is 5.09. The number of nitrogens with one attached hydrogen (secondary N) is 1. The molecule has 2 unspecified atom stereocenters. The summed E-state index contributed by atoms with van der Waals surface area (Å²) in [6.45, 7) is 4.19. The van der Waals surface area contributed by atoms with Gasteiger partial charge in [-0.05, 0) is 66.2 Å². The number of hydrogen-bond acceptors (Lipinski definition) is 3. The number of halogens is 1. The molecule has 1 N–H and O–H groups in total. The average molecular weight is 372 g/mol. The molecule has 0 radical (unpaired) electrons. The molecule has 1 spiro atoms. The summed E-state index contributed by atoms with van der Waals surface area (Å²) in [4.78, 5) is 1.47. The number of thiophene rings is 1. The van der Waals surface area contributed by atoms with Crippen molar-refractivity contribution >= 4 is 27.3 Å². The lowest BCUT2D eigenvalue weighted by atomic mass is 9.74. The highest BCUT2D eigenvalue weighted by Crippen LogP contribution is 2.45. The second-order valence-electron chi connectivity index (χ2n) is 6.52. The Balaban J connectivity index is 1.75. The fraction of sp³-hybridized carbons (Fsp3) is 0.765. The van der Waals surface area contributed by atoms with Crippen molar-refractivity contribution in [1.82, 2.24) is 5.32 Å². The first kappa shape index (κ1) is 16.0. The van der Waals surface area contributed by atoms with Crippen LogP contribution in [0.15, 0.2) is 15.9 Å². The van der Waals surface area contributed by atoms with Gasteiger partial charge in [-0.15, -0.1) is 11.3 Å². The molecular weight excluding hydrogens is 346 g/mol. The van der Waals surface area contributed by atoms with E-state index in [1.54, 1.807) is 0 Å². The first-order valence-corrected chi connectivity index (χ1v) is 9.96. The summed E-state index contributed by atoms with van der Waals surface area (Å²) >= 11 is 5.49. The maximum atomic E-state index is 6.27. The van der Waals surface area contributed by atoms with Crippen LogP contribution in [0.4, 0.5) is 0 Å². The van der Waals surface area contributed by atoms with Gasteiger partial charge in [-0.25, -0.2) is 0 Å². The predicted molar refractivity (Wildman–Crippen MR) is 92.9 cm³/mol. The highest BCUT2D eigenvalue weighted by molar-refractivity contribution is 9.11. The van der Waals surface area contributed by atoms with E-state index in [1.165, 1.54) is 53.6 Å². The van der Waals surface area contributed by atoms with Crippen LogP contribution >= 0.6 is 27.3 Å². The van der Waals surface area contributed by atoms with E-state index in [-0.39, 0.29) is 5.60 Å². The lowest BCUT2D eigenvalue weighted by Crippen LogP contribution is -2.44. The maximum Gasteiger partial charge on any atom is 0.0701 e. The molecule has 1 saturated heterocycles. The summed E-state index contributed by atoms with van der Waals surface area (Å²) < 4.78 is 7.51. The smallest absolute Gasteiger partial charge is 0.0701 e. The lowest BCUT2D eigenvalue weighted by molar-refractivity contribution is -0.121. The van der Waals surface area contributed by atoms with Crippen LogP contribution in [-0.2, 0) is 4.74 Å². The second kappa shape index (κ2) is 7.12. The summed E-state index contributed by atoms with van der Waals surface area (Å²) in [5, 5.41) is 3.74. The summed E-state index contributed by atoms with van der Waals surface area (Å²) in [6, 6.07) is 4.96. The topological polar surface area (TPSA) is 21.3 Å². The minimum absolute atomic E-state index is 0.198. The zero-order valence-electron chi connectivity index (χ0n) is 12.9. The van der Waals surface area contributed by atoms with E-state index in [0.717, 1.165) is 13.2 Å². The van der Waals surface area contributed by atoms with Crippen molar-refractivity contribution in [3.05, 3.63) is 20.8 Å². The van der Waals surface area contributed by atoms with Gasteiger partial charge in [-0.1, -0.05) is 26.2 Å². The van der Waals surface area contributed by atoms with Crippen molar-refractivity contribution < 1.29 is 4.74 Å². The van der Waals surface area contributed by atoms with E-state index in [0.29, 0.717) is 12.0 Å². The van der Waals surface area contributed by atoms with Gasteiger partial charge in [0.1, 0.15) is 0 Å². The van der Waals surface area contributed by atoms with Crippen LogP contribution in [0.2, 0.25) is 0 Å².